The number of fused-ring (bicyclic) bond motifs is 2. The minimum absolute atomic E-state index is 0.0495. The van der Waals surface area contributed by atoms with Crippen LogP contribution in [0.15, 0.2) is 65.7 Å². The first-order valence-corrected chi connectivity index (χ1v) is 13.2. The highest BCUT2D eigenvalue weighted by Crippen LogP contribution is 2.40. The molecule has 0 atom stereocenters. The zero-order valence-electron chi connectivity index (χ0n) is 20.7. The first kappa shape index (κ1) is 25.4. The predicted octanol–water partition coefficient (Wildman–Crippen LogP) is 6.62. The topological polar surface area (TPSA) is 102 Å². The number of esters is 2. The summed E-state index contributed by atoms with van der Waals surface area (Å²) in [7, 11) is 0. The maximum absolute atomic E-state index is 13.1. The Hall–Kier alpha value is -4.30. The highest BCUT2D eigenvalue weighted by Gasteiger charge is 2.26. The SMILES string of the molecule is CCOC(=O)c1c(/N=C/c2c(OC(=O)c3ccccc3C(=O)O)ccc3ccccc23)sc2c1CCCC2. The standard InChI is InChI=1S/C30H25NO6S/c1-2-36-30(35)26-22-13-7-8-14-25(22)38-27(26)31-17-23-19-10-4-3-9-18(19)15-16-24(23)37-29(34)21-12-6-5-11-20(21)28(32)33/h3-6,9-12,15-17H,2,7-8,13-14H2,1H3,(H,32,33)/b31-17+. The van der Waals surface area contributed by atoms with Crippen LogP contribution >= 0.6 is 11.3 Å². The largest absolute Gasteiger partial charge is 0.478 e. The molecule has 0 bridgehead atoms. The lowest BCUT2D eigenvalue weighted by molar-refractivity contribution is 0.0525. The second-order valence-electron chi connectivity index (χ2n) is 8.81. The van der Waals surface area contributed by atoms with Gasteiger partial charge in [-0.2, -0.15) is 0 Å². The Labute approximate surface area is 223 Å². The summed E-state index contributed by atoms with van der Waals surface area (Å²) in [5.74, 6) is -2.15. The fourth-order valence-corrected chi connectivity index (χ4v) is 5.90. The Balaban J connectivity index is 1.58. The van der Waals surface area contributed by atoms with Crippen molar-refractivity contribution >= 4 is 51.2 Å². The number of carboxylic acid groups (broad SMARTS) is 1. The Kier molecular flexibility index (Phi) is 7.33. The number of carbonyl (C=O) groups excluding carboxylic acids is 2. The summed E-state index contributed by atoms with van der Waals surface area (Å²) in [5.41, 5.74) is 1.88. The fraction of sp³-hybridized carbons (Fsp3) is 0.200. The number of benzene rings is 3. The van der Waals surface area contributed by atoms with Gasteiger partial charge in [0, 0.05) is 16.7 Å². The molecular weight excluding hydrogens is 502 g/mol. The van der Waals surface area contributed by atoms with Gasteiger partial charge in [-0.1, -0.05) is 42.5 Å². The average Bonchev–Trinajstić information content (AvgIpc) is 3.31. The first-order chi connectivity index (χ1) is 18.5. The lowest BCUT2D eigenvalue weighted by Crippen LogP contribution is -2.14. The predicted molar refractivity (Wildman–Crippen MR) is 146 cm³/mol. The summed E-state index contributed by atoms with van der Waals surface area (Å²) in [5, 5.41) is 11.8. The molecule has 1 aliphatic carbocycles. The van der Waals surface area contributed by atoms with Crippen LogP contribution in [0.4, 0.5) is 5.00 Å². The van der Waals surface area contributed by atoms with Crippen LogP contribution in [0.25, 0.3) is 10.8 Å². The van der Waals surface area contributed by atoms with Gasteiger partial charge in [0.05, 0.1) is 23.3 Å². The molecule has 4 aromatic rings. The molecular formula is C30H25NO6S. The van der Waals surface area contributed by atoms with E-state index in [0.29, 0.717) is 16.1 Å². The van der Waals surface area contributed by atoms with Crippen LogP contribution in [0.3, 0.4) is 0 Å². The molecule has 1 aromatic heterocycles. The maximum atomic E-state index is 13.1. The van der Waals surface area contributed by atoms with Crippen LogP contribution in [0.2, 0.25) is 0 Å². The molecule has 38 heavy (non-hydrogen) atoms. The van der Waals surface area contributed by atoms with Crippen LogP contribution in [-0.4, -0.2) is 35.8 Å². The van der Waals surface area contributed by atoms with E-state index >= 15 is 0 Å². The molecule has 1 aliphatic rings. The van der Waals surface area contributed by atoms with E-state index in [4.69, 9.17) is 14.5 Å². The van der Waals surface area contributed by atoms with Crippen molar-refractivity contribution in [3.63, 3.8) is 0 Å². The zero-order valence-corrected chi connectivity index (χ0v) is 21.5. The Morgan fingerprint density at radius 1 is 0.947 bits per heavy atom. The van der Waals surface area contributed by atoms with Crippen LogP contribution < -0.4 is 4.74 Å². The highest BCUT2D eigenvalue weighted by molar-refractivity contribution is 7.16. The van der Waals surface area contributed by atoms with Crippen molar-refractivity contribution in [2.24, 2.45) is 4.99 Å². The van der Waals surface area contributed by atoms with Gasteiger partial charge in [0.2, 0.25) is 0 Å². The number of rotatable bonds is 7. The minimum atomic E-state index is -1.22. The molecule has 0 spiro atoms. The summed E-state index contributed by atoms with van der Waals surface area (Å²) in [4.78, 5) is 43.4. The van der Waals surface area contributed by atoms with Gasteiger partial charge in [0.15, 0.2) is 0 Å². The Bertz CT molecular complexity index is 1590. The number of aromatic carboxylic acids is 1. The number of aliphatic imine (C=N–C) groups is 1. The quantitative estimate of drug-likeness (QED) is 0.165. The molecule has 0 fully saturated rings. The zero-order chi connectivity index (χ0) is 26.6. The molecule has 5 rings (SSSR count). The average molecular weight is 528 g/mol. The summed E-state index contributed by atoms with van der Waals surface area (Å²) in [6, 6.07) is 17.0. The summed E-state index contributed by atoms with van der Waals surface area (Å²) >= 11 is 1.49. The van der Waals surface area contributed by atoms with Crippen LogP contribution in [0.5, 0.6) is 5.75 Å². The molecule has 192 valence electrons. The molecule has 0 saturated carbocycles. The molecule has 0 amide bonds. The van der Waals surface area contributed by atoms with E-state index in [1.54, 1.807) is 31.3 Å². The molecule has 1 heterocycles. The number of carboxylic acids is 1. The Morgan fingerprint density at radius 2 is 1.68 bits per heavy atom. The number of carbonyl (C=O) groups is 3. The van der Waals surface area contributed by atoms with Gasteiger partial charge in [-0.15, -0.1) is 11.3 Å². The monoisotopic (exact) mass is 527 g/mol. The van der Waals surface area contributed by atoms with Crippen molar-refractivity contribution in [2.75, 3.05) is 6.61 Å². The number of thiophene rings is 1. The molecule has 1 N–H and O–H groups in total. The van der Waals surface area contributed by atoms with Gasteiger partial charge < -0.3 is 14.6 Å². The third-order valence-electron chi connectivity index (χ3n) is 6.45. The van der Waals surface area contributed by atoms with E-state index in [1.165, 1.54) is 23.5 Å². The molecule has 3 aromatic carbocycles. The van der Waals surface area contributed by atoms with Crippen LogP contribution in [0.1, 0.15) is 66.8 Å². The van der Waals surface area contributed by atoms with Crippen LogP contribution in [-0.2, 0) is 17.6 Å². The number of nitrogens with zero attached hydrogens (tertiary/aromatic N) is 1. The Morgan fingerprint density at radius 3 is 2.47 bits per heavy atom. The number of hydrogen-bond donors (Lipinski definition) is 1. The number of ether oxygens (including phenoxy) is 2. The molecule has 0 aliphatic heterocycles. The third-order valence-corrected chi connectivity index (χ3v) is 7.65. The van der Waals surface area contributed by atoms with Gasteiger partial charge in [0.25, 0.3) is 0 Å². The summed E-state index contributed by atoms with van der Waals surface area (Å²) in [6.07, 6.45) is 5.41. The van der Waals surface area contributed by atoms with Crippen molar-refractivity contribution in [3.8, 4) is 5.75 Å². The van der Waals surface area contributed by atoms with Gasteiger partial charge in [-0.05, 0) is 67.1 Å². The van der Waals surface area contributed by atoms with E-state index in [0.717, 1.165) is 46.9 Å². The lowest BCUT2D eigenvalue weighted by Gasteiger charge is -2.12. The number of aryl methyl sites for hydroxylation is 1. The van der Waals surface area contributed by atoms with E-state index in [1.807, 2.05) is 30.3 Å². The van der Waals surface area contributed by atoms with E-state index in [-0.39, 0.29) is 29.5 Å². The number of hydrogen-bond acceptors (Lipinski definition) is 7. The molecule has 7 nitrogen and oxygen atoms in total. The summed E-state index contributed by atoms with van der Waals surface area (Å²) < 4.78 is 11.1. The van der Waals surface area contributed by atoms with Gasteiger partial charge in [-0.3, -0.25) is 0 Å². The molecule has 0 saturated heterocycles. The summed E-state index contributed by atoms with van der Waals surface area (Å²) in [6.45, 7) is 2.05. The smallest absolute Gasteiger partial charge is 0.344 e. The molecule has 8 heteroatoms. The normalized spacial score (nSPS) is 12.9. The van der Waals surface area contributed by atoms with E-state index < -0.39 is 11.9 Å². The van der Waals surface area contributed by atoms with Crippen LogP contribution in [0, 0.1) is 0 Å². The fourth-order valence-electron chi connectivity index (χ4n) is 4.68. The highest BCUT2D eigenvalue weighted by atomic mass is 32.1. The second kappa shape index (κ2) is 11.0. The van der Waals surface area contributed by atoms with E-state index in [2.05, 4.69) is 0 Å². The maximum Gasteiger partial charge on any atom is 0.344 e. The van der Waals surface area contributed by atoms with Crippen molar-refractivity contribution in [2.45, 2.75) is 32.6 Å². The minimum Gasteiger partial charge on any atom is -0.478 e. The van der Waals surface area contributed by atoms with Crippen molar-refractivity contribution < 1.29 is 29.0 Å². The van der Waals surface area contributed by atoms with Gasteiger partial charge in [-0.25, -0.2) is 19.4 Å². The first-order valence-electron chi connectivity index (χ1n) is 12.4. The lowest BCUT2D eigenvalue weighted by atomic mass is 9.95. The second-order valence-corrected chi connectivity index (χ2v) is 9.89. The van der Waals surface area contributed by atoms with Crippen molar-refractivity contribution in [3.05, 3.63) is 93.4 Å². The molecule has 0 unspecified atom stereocenters. The molecule has 0 radical (unpaired) electrons. The van der Waals surface area contributed by atoms with Gasteiger partial charge >= 0.3 is 17.9 Å². The van der Waals surface area contributed by atoms with E-state index in [9.17, 15) is 19.5 Å². The van der Waals surface area contributed by atoms with Crippen molar-refractivity contribution in [1.29, 1.82) is 0 Å². The van der Waals surface area contributed by atoms with Crippen molar-refractivity contribution in [1.82, 2.24) is 0 Å². The van der Waals surface area contributed by atoms with Gasteiger partial charge in [0.1, 0.15) is 10.8 Å². The third kappa shape index (κ3) is 4.95.